The molecule has 7 heteroatoms. The summed E-state index contributed by atoms with van der Waals surface area (Å²) in [6, 6.07) is 15.3. The SMILES string of the molecule is CCc1ccc(OCCc2nnc(NC(=O)/C=C/c3ccc(Cl)cc3)s2)cc1. The Hall–Kier alpha value is -2.70. The van der Waals surface area contributed by atoms with Gasteiger partial charge in [0, 0.05) is 17.5 Å². The van der Waals surface area contributed by atoms with Crippen molar-refractivity contribution in [2.75, 3.05) is 11.9 Å². The molecule has 1 heterocycles. The minimum Gasteiger partial charge on any atom is -0.493 e. The number of amides is 1. The van der Waals surface area contributed by atoms with E-state index in [0.29, 0.717) is 23.2 Å². The number of anilines is 1. The van der Waals surface area contributed by atoms with Crippen molar-refractivity contribution in [3.05, 3.63) is 75.8 Å². The Morgan fingerprint density at radius 3 is 2.61 bits per heavy atom. The number of hydrogen-bond donors (Lipinski definition) is 1. The number of nitrogens with one attached hydrogen (secondary N) is 1. The molecule has 0 unspecified atom stereocenters. The van der Waals surface area contributed by atoms with Crippen LogP contribution in [0.15, 0.2) is 54.6 Å². The van der Waals surface area contributed by atoms with Gasteiger partial charge >= 0.3 is 0 Å². The van der Waals surface area contributed by atoms with E-state index < -0.39 is 0 Å². The molecule has 3 aromatic rings. The maximum atomic E-state index is 12.0. The minimum absolute atomic E-state index is 0.259. The van der Waals surface area contributed by atoms with Crippen molar-refractivity contribution in [2.24, 2.45) is 0 Å². The van der Waals surface area contributed by atoms with Crippen molar-refractivity contribution in [3.63, 3.8) is 0 Å². The van der Waals surface area contributed by atoms with Gasteiger partial charge in [-0.25, -0.2) is 0 Å². The normalized spacial score (nSPS) is 10.9. The fraction of sp³-hybridized carbons (Fsp3) is 0.190. The number of halogens is 1. The summed E-state index contributed by atoms with van der Waals surface area (Å²) in [5, 5.41) is 12.7. The van der Waals surface area contributed by atoms with Crippen LogP contribution in [-0.2, 0) is 17.6 Å². The fourth-order valence-electron chi connectivity index (χ4n) is 2.38. The van der Waals surface area contributed by atoms with Crippen LogP contribution in [0.5, 0.6) is 5.75 Å². The molecule has 0 atom stereocenters. The number of nitrogens with zero attached hydrogens (tertiary/aromatic N) is 2. The van der Waals surface area contributed by atoms with Gasteiger partial charge in [-0.05, 0) is 47.9 Å². The van der Waals surface area contributed by atoms with E-state index in [0.717, 1.165) is 22.7 Å². The molecular weight excluding hydrogens is 394 g/mol. The number of carbonyl (C=O) groups is 1. The zero-order chi connectivity index (χ0) is 19.8. The van der Waals surface area contributed by atoms with Gasteiger partial charge in [0.25, 0.3) is 0 Å². The molecule has 0 spiro atoms. The minimum atomic E-state index is -0.259. The molecule has 0 fully saturated rings. The first-order valence-electron chi connectivity index (χ1n) is 8.91. The lowest BCUT2D eigenvalue weighted by Crippen LogP contribution is -2.07. The summed E-state index contributed by atoms with van der Waals surface area (Å²) in [4.78, 5) is 12.0. The van der Waals surface area contributed by atoms with Gasteiger partial charge in [-0.2, -0.15) is 0 Å². The second-order valence-corrected chi connectivity index (χ2v) is 7.47. The highest BCUT2D eigenvalue weighted by atomic mass is 35.5. The predicted molar refractivity (Wildman–Crippen MR) is 114 cm³/mol. The van der Waals surface area contributed by atoms with Gasteiger partial charge in [0.2, 0.25) is 11.0 Å². The molecule has 0 radical (unpaired) electrons. The first-order valence-corrected chi connectivity index (χ1v) is 10.1. The number of rotatable bonds is 8. The maximum Gasteiger partial charge on any atom is 0.250 e. The van der Waals surface area contributed by atoms with E-state index in [-0.39, 0.29) is 5.91 Å². The van der Waals surface area contributed by atoms with Crippen LogP contribution in [0.4, 0.5) is 5.13 Å². The molecule has 144 valence electrons. The molecule has 0 aliphatic rings. The number of ether oxygens (including phenoxy) is 1. The van der Waals surface area contributed by atoms with E-state index in [1.54, 1.807) is 18.2 Å². The van der Waals surface area contributed by atoms with E-state index in [2.05, 4.69) is 34.6 Å². The van der Waals surface area contributed by atoms with Gasteiger partial charge in [-0.15, -0.1) is 10.2 Å². The number of hydrogen-bond acceptors (Lipinski definition) is 5. The summed E-state index contributed by atoms with van der Waals surface area (Å²) in [5.41, 5.74) is 2.17. The predicted octanol–water partition coefficient (Wildman–Crippen LogP) is 5.03. The Bertz CT molecular complexity index is 937. The zero-order valence-electron chi connectivity index (χ0n) is 15.4. The third kappa shape index (κ3) is 6.18. The van der Waals surface area contributed by atoms with E-state index in [4.69, 9.17) is 16.3 Å². The van der Waals surface area contributed by atoms with Crippen LogP contribution in [0.25, 0.3) is 6.08 Å². The highest BCUT2D eigenvalue weighted by Gasteiger charge is 2.07. The van der Waals surface area contributed by atoms with Crippen LogP contribution in [0, 0.1) is 0 Å². The van der Waals surface area contributed by atoms with Crippen molar-refractivity contribution in [1.82, 2.24) is 10.2 Å². The average molecular weight is 414 g/mol. The third-order valence-corrected chi connectivity index (χ3v) is 5.06. The Labute approximate surface area is 173 Å². The van der Waals surface area contributed by atoms with Gasteiger partial charge in [-0.1, -0.05) is 54.1 Å². The Balaban J connectivity index is 1.45. The molecule has 0 bridgehead atoms. The topological polar surface area (TPSA) is 64.1 Å². The van der Waals surface area contributed by atoms with Crippen LogP contribution < -0.4 is 10.1 Å². The monoisotopic (exact) mass is 413 g/mol. The molecule has 2 aromatic carbocycles. The summed E-state index contributed by atoms with van der Waals surface area (Å²) >= 11 is 7.18. The van der Waals surface area contributed by atoms with Crippen molar-refractivity contribution in [2.45, 2.75) is 19.8 Å². The molecule has 1 aromatic heterocycles. The molecule has 0 aliphatic heterocycles. The summed E-state index contributed by atoms with van der Waals surface area (Å²) < 4.78 is 5.73. The number of carbonyl (C=O) groups excluding carboxylic acids is 1. The smallest absolute Gasteiger partial charge is 0.250 e. The van der Waals surface area contributed by atoms with E-state index in [1.165, 1.54) is 23.0 Å². The highest BCUT2D eigenvalue weighted by Crippen LogP contribution is 2.17. The van der Waals surface area contributed by atoms with Crippen molar-refractivity contribution in [3.8, 4) is 5.75 Å². The third-order valence-electron chi connectivity index (χ3n) is 3.91. The molecule has 0 saturated heterocycles. The Morgan fingerprint density at radius 1 is 1.14 bits per heavy atom. The standard InChI is InChI=1S/C21H20ClN3O2S/c1-2-15-5-10-18(11-6-15)27-14-13-20-24-25-21(28-20)23-19(26)12-7-16-3-8-17(22)9-4-16/h3-12H,2,13-14H2,1H3,(H,23,25,26)/b12-7+. The van der Waals surface area contributed by atoms with Crippen LogP contribution >= 0.6 is 22.9 Å². The van der Waals surface area contributed by atoms with Crippen LogP contribution in [0.3, 0.4) is 0 Å². The summed E-state index contributed by atoms with van der Waals surface area (Å²) in [5.74, 6) is 0.576. The summed E-state index contributed by atoms with van der Waals surface area (Å²) in [7, 11) is 0. The number of aryl methyl sites for hydroxylation is 1. The quantitative estimate of drug-likeness (QED) is 0.526. The Morgan fingerprint density at radius 2 is 1.89 bits per heavy atom. The van der Waals surface area contributed by atoms with E-state index in [1.807, 2.05) is 24.3 Å². The fourth-order valence-corrected chi connectivity index (χ4v) is 3.23. The summed E-state index contributed by atoms with van der Waals surface area (Å²) in [6.45, 7) is 2.62. The summed E-state index contributed by atoms with van der Waals surface area (Å²) in [6.07, 6.45) is 4.80. The van der Waals surface area contributed by atoms with Crippen LogP contribution in [0.2, 0.25) is 5.02 Å². The lowest BCUT2D eigenvalue weighted by Gasteiger charge is -2.05. The van der Waals surface area contributed by atoms with Gasteiger partial charge < -0.3 is 4.74 Å². The number of aromatic nitrogens is 2. The van der Waals surface area contributed by atoms with Crippen molar-refractivity contribution in [1.29, 1.82) is 0 Å². The van der Waals surface area contributed by atoms with Gasteiger partial charge in [-0.3, -0.25) is 10.1 Å². The molecular formula is C21H20ClN3O2S. The largest absolute Gasteiger partial charge is 0.493 e. The molecule has 1 amide bonds. The first kappa shape index (κ1) is 20.0. The molecule has 5 nitrogen and oxygen atoms in total. The molecule has 3 rings (SSSR count). The van der Waals surface area contributed by atoms with Crippen LogP contribution in [-0.4, -0.2) is 22.7 Å². The Kier molecular flexibility index (Phi) is 7.17. The second-order valence-electron chi connectivity index (χ2n) is 5.97. The number of benzene rings is 2. The molecule has 0 aliphatic carbocycles. The lowest BCUT2D eigenvalue weighted by molar-refractivity contribution is -0.111. The average Bonchev–Trinajstić information content (AvgIpc) is 3.15. The zero-order valence-corrected chi connectivity index (χ0v) is 17.0. The lowest BCUT2D eigenvalue weighted by atomic mass is 10.2. The van der Waals surface area contributed by atoms with Gasteiger partial charge in [0.1, 0.15) is 10.8 Å². The van der Waals surface area contributed by atoms with Crippen molar-refractivity contribution >= 4 is 40.1 Å². The van der Waals surface area contributed by atoms with Crippen molar-refractivity contribution < 1.29 is 9.53 Å². The molecule has 1 N–H and O–H groups in total. The maximum absolute atomic E-state index is 12.0. The van der Waals surface area contributed by atoms with Gasteiger partial charge in [0.05, 0.1) is 6.61 Å². The van der Waals surface area contributed by atoms with Gasteiger partial charge in [0.15, 0.2) is 0 Å². The van der Waals surface area contributed by atoms with E-state index >= 15 is 0 Å². The highest BCUT2D eigenvalue weighted by molar-refractivity contribution is 7.15. The molecule has 28 heavy (non-hydrogen) atoms. The second kappa shape index (κ2) is 10.0. The van der Waals surface area contributed by atoms with E-state index in [9.17, 15) is 4.79 Å². The van der Waals surface area contributed by atoms with Crippen LogP contribution in [0.1, 0.15) is 23.1 Å². The first-order chi connectivity index (χ1) is 13.6. The molecule has 0 saturated carbocycles.